The number of ether oxygens (including phenoxy) is 1. The van der Waals surface area contributed by atoms with E-state index in [1.54, 1.807) is 20.8 Å². The topological polar surface area (TPSA) is 66.8 Å². The van der Waals surface area contributed by atoms with E-state index in [2.05, 4.69) is 0 Å². The number of likely N-dealkylation sites (tertiary alicyclic amines) is 1. The zero-order valence-electron chi connectivity index (χ0n) is 11.6. The third-order valence-electron chi connectivity index (χ3n) is 2.98. The van der Waals surface area contributed by atoms with Gasteiger partial charge in [-0.3, -0.25) is 4.79 Å². The van der Waals surface area contributed by atoms with Gasteiger partial charge in [0.15, 0.2) is 0 Å². The Hall–Kier alpha value is -1.26. The maximum absolute atomic E-state index is 12.0. The molecule has 5 heteroatoms. The van der Waals surface area contributed by atoms with Crippen LogP contribution in [0.3, 0.4) is 0 Å². The third-order valence-corrected chi connectivity index (χ3v) is 2.98. The first-order valence-corrected chi connectivity index (χ1v) is 6.40. The van der Waals surface area contributed by atoms with Crippen molar-refractivity contribution in [2.24, 2.45) is 11.8 Å². The molecule has 0 spiro atoms. The van der Waals surface area contributed by atoms with Gasteiger partial charge in [0.2, 0.25) is 0 Å². The Kier molecular flexibility index (Phi) is 4.59. The molecule has 2 atom stereocenters. The standard InChI is InChI=1S/C13H23NO4/c1-9-5-6-10(11(15)16)8-14(7-9)12(17)18-13(2,3)4/h9-10H,5-8H2,1-4H3,(H,15,16). The van der Waals surface area contributed by atoms with Crippen molar-refractivity contribution >= 4 is 12.1 Å². The molecule has 0 aromatic heterocycles. The summed E-state index contributed by atoms with van der Waals surface area (Å²) in [4.78, 5) is 24.6. The predicted molar refractivity (Wildman–Crippen MR) is 67.3 cm³/mol. The molecule has 2 unspecified atom stereocenters. The van der Waals surface area contributed by atoms with Crippen molar-refractivity contribution in [3.63, 3.8) is 0 Å². The van der Waals surface area contributed by atoms with Crippen LogP contribution in [0.4, 0.5) is 4.79 Å². The van der Waals surface area contributed by atoms with E-state index in [1.165, 1.54) is 4.90 Å². The van der Waals surface area contributed by atoms with E-state index >= 15 is 0 Å². The first-order valence-electron chi connectivity index (χ1n) is 6.40. The molecule has 0 aromatic carbocycles. The third kappa shape index (κ3) is 4.55. The second-order valence-corrected chi connectivity index (χ2v) is 6.10. The first kappa shape index (κ1) is 14.8. The van der Waals surface area contributed by atoms with Crippen molar-refractivity contribution in [3.8, 4) is 0 Å². The number of aliphatic carboxylic acids is 1. The number of carboxylic acids is 1. The lowest BCUT2D eigenvalue weighted by atomic mass is 10.00. The molecule has 1 fully saturated rings. The minimum absolute atomic E-state index is 0.245. The Bertz CT molecular complexity index is 321. The van der Waals surface area contributed by atoms with Crippen molar-refractivity contribution in [2.45, 2.75) is 46.1 Å². The highest BCUT2D eigenvalue weighted by molar-refractivity contribution is 5.73. The van der Waals surface area contributed by atoms with Crippen molar-refractivity contribution in [1.29, 1.82) is 0 Å². The van der Waals surface area contributed by atoms with E-state index in [9.17, 15) is 9.59 Å². The number of amides is 1. The average molecular weight is 257 g/mol. The molecule has 1 aliphatic rings. The summed E-state index contributed by atoms with van der Waals surface area (Å²) >= 11 is 0. The molecule has 0 aromatic rings. The van der Waals surface area contributed by atoms with Crippen LogP contribution < -0.4 is 0 Å². The Balaban J connectivity index is 2.72. The van der Waals surface area contributed by atoms with Crippen LogP contribution in [0, 0.1) is 11.8 Å². The van der Waals surface area contributed by atoms with Gasteiger partial charge in [0, 0.05) is 13.1 Å². The van der Waals surface area contributed by atoms with Crippen molar-refractivity contribution < 1.29 is 19.4 Å². The molecule has 104 valence electrons. The van der Waals surface area contributed by atoms with Gasteiger partial charge >= 0.3 is 12.1 Å². The summed E-state index contributed by atoms with van der Waals surface area (Å²) in [7, 11) is 0. The van der Waals surface area contributed by atoms with Crippen LogP contribution in [0.2, 0.25) is 0 Å². The number of nitrogens with zero attached hydrogens (tertiary/aromatic N) is 1. The Labute approximate surface area is 108 Å². The number of rotatable bonds is 1. The molecule has 18 heavy (non-hydrogen) atoms. The fourth-order valence-corrected chi connectivity index (χ4v) is 2.06. The van der Waals surface area contributed by atoms with E-state index in [1.807, 2.05) is 6.92 Å². The van der Waals surface area contributed by atoms with Gasteiger partial charge in [-0.1, -0.05) is 6.92 Å². The number of hydrogen-bond donors (Lipinski definition) is 1. The van der Waals surface area contributed by atoms with Crippen molar-refractivity contribution in [3.05, 3.63) is 0 Å². The summed E-state index contributed by atoms with van der Waals surface area (Å²) in [6.45, 7) is 8.26. The number of carboxylic acid groups (broad SMARTS) is 1. The second-order valence-electron chi connectivity index (χ2n) is 6.10. The minimum atomic E-state index is -0.836. The SMILES string of the molecule is CC1CCC(C(=O)O)CN(C(=O)OC(C)(C)C)C1. The highest BCUT2D eigenvalue weighted by Gasteiger charge is 2.31. The smallest absolute Gasteiger partial charge is 0.410 e. The molecule has 1 rings (SSSR count). The van der Waals surface area contributed by atoms with Gasteiger partial charge in [-0.05, 0) is 39.5 Å². The molecule has 0 bridgehead atoms. The molecule has 1 N–H and O–H groups in total. The molecule has 1 heterocycles. The van der Waals surface area contributed by atoms with Crippen LogP contribution in [0.15, 0.2) is 0 Å². The maximum atomic E-state index is 12.0. The molecular formula is C13H23NO4. The molecule has 1 aliphatic heterocycles. The maximum Gasteiger partial charge on any atom is 0.410 e. The van der Waals surface area contributed by atoms with Gasteiger partial charge in [-0.15, -0.1) is 0 Å². The zero-order chi connectivity index (χ0) is 13.9. The van der Waals surface area contributed by atoms with Crippen LogP contribution in [0.25, 0.3) is 0 Å². The molecule has 0 saturated carbocycles. The quantitative estimate of drug-likeness (QED) is 0.783. The van der Waals surface area contributed by atoms with E-state index in [0.717, 1.165) is 6.42 Å². The number of carbonyl (C=O) groups excluding carboxylic acids is 1. The lowest BCUT2D eigenvalue weighted by molar-refractivity contribution is -0.142. The van der Waals surface area contributed by atoms with Crippen LogP contribution in [-0.2, 0) is 9.53 Å². The van der Waals surface area contributed by atoms with E-state index in [0.29, 0.717) is 18.9 Å². The summed E-state index contributed by atoms with van der Waals surface area (Å²) in [6, 6.07) is 0. The number of carbonyl (C=O) groups is 2. The summed E-state index contributed by atoms with van der Waals surface area (Å²) < 4.78 is 5.30. The molecule has 0 radical (unpaired) electrons. The van der Waals surface area contributed by atoms with Crippen LogP contribution in [-0.4, -0.2) is 40.8 Å². The van der Waals surface area contributed by atoms with E-state index in [4.69, 9.17) is 9.84 Å². The summed E-state index contributed by atoms with van der Waals surface area (Å²) in [5.74, 6) is -1.01. The lowest BCUT2D eigenvalue weighted by Crippen LogP contribution is -2.41. The molecule has 5 nitrogen and oxygen atoms in total. The van der Waals surface area contributed by atoms with E-state index in [-0.39, 0.29) is 6.54 Å². The molecule has 0 aliphatic carbocycles. The fourth-order valence-electron chi connectivity index (χ4n) is 2.06. The average Bonchev–Trinajstić information content (AvgIpc) is 2.37. The van der Waals surface area contributed by atoms with Gasteiger partial charge < -0.3 is 14.7 Å². The van der Waals surface area contributed by atoms with Crippen molar-refractivity contribution in [1.82, 2.24) is 4.90 Å². The second kappa shape index (κ2) is 5.59. The largest absolute Gasteiger partial charge is 0.481 e. The summed E-state index contributed by atoms with van der Waals surface area (Å²) in [5.41, 5.74) is -0.550. The van der Waals surface area contributed by atoms with Crippen LogP contribution >= 0.6 is 0 Å². The van der Waals surface area contributed by atoms with Gasteiger partial charge in [-0.2, -0.15) is 0 Å². The van der Waals surface area contributed by atoms with Crippen LogP contribution in [0.1, 0.15) is 40.5 Å². The normalized spacial score (nSPS) is 25.4. The monoisotopic (exact) mass is 257 g/mol. The predicted octanol–water partition coefficient (Wildman–Crippen LogP) is 2.35. The highest BCUT2D eigenvalue weighted by atomic mass is 16.6. The van der Waals surface area contributed by atoms with Gasteiger partial charge in [0.05, 0.1) is 5.92 Å². The summed E-state index contributed by atoms with van der Waals surface area (Å²) in [5, 5.41) is 9.10. The van der Waals surface area contributed by atoms with E-state index < -0.39 is 23.6 Å². The van der Waals surface area contributed by atoms with Gasteiger partial charge in [-0.25, -0.2) is 4.79 Å². The lowest BCUT2D eigenvalue weighted by Gasteiger charge is -2.28. The molecular weight excluding hydrogens is 234 g/mol. The fraction of sp³-hybridized carbons (Fsp3) is 0.846. The first-order chi connectivity index (χ1) is 8.19. The van der Waals surface area contributed by atoms with Crippen molar-refractivity contribution in [2.75, 3.05) is 13.1 Å². The van der Waals surface area contributed by atoms with Gasteiger partial charge in [0.1, 0.15) is 5.60 Å². The Morgan fingerprint density at radius 2 is 1.83 bits per heavy atom. The zero-order valence-corrected chi connectivity index (χ0v) is 11.6. The molecule has 1 amide bonds. The Morgan fingerprint density at radius 3 is 2.33 bits per heavy atom. The molecule has 1 saturated heterocycles. The Morgan fingerprint density at radius 1 is 1.22 bits per heavy atom. The highest BCUT2D eigenvalue weighted by Crippen LogP contribution is 2.22. The minimum Gasteiger partial charge on any atom is -0.481 e. The number of hydrogen-bond acceptors (Lipinski definition) is 3. The van der Waals surface area contributed by atoms with Crippen LogP contribution in [0.5, 0.6) is 0 Å². The summed E-state index contributed by atoms with van der Waals surface area (Å²) in [6.07, 6.45) is 1.04. The van der Waals surface area contributed by atoms with Gasteiger partial charge in [0.25, 0.3) is 0 Å².